The molecule has 2 rings (SSSR count). The molecule has 0 aromatic heterocycles. The van der Waals surface area contributed by atoms with Crippen molar-refractivity contribution in [2.75, 3.05) is 15.9 Å². The van der Waals surface area contributed by atoms with E-state index in [0.29, 0.717) is 0 Å². The van der Waals surface area contributed by atoms with Crippen LogP contribution in [-0.4, -0.2) is 33.0 Å². The van der Waals surface area contributed by atoms with Gasteiger partial charge < -0.3 is 10.1 Å². The van der Waals surface area contributed by atoms with Gasteiger partial charge in [-0.15, -0.1) is 13.2 Å². The van der Waals surface area contributed by atoms with Gasteiger partial charge in [0.25, 0.3) is 0 Å². The minimum absolute atomic E-state index is 0.0888. The molecule has 0 heterocycles. The standard InChI is InChI=1S/C18H18F4N2O4S/c1-3-16(24(29(2,26)27)14-8-4-12(19)5-9-14)17(25)23-13-6-10-15(11-7-13)28-18(20,21)22/h4-11,16H,3H2,1-2H3,(H,23,25). The minimum Gasteiger partial charge on any atom is -0.406 e. The second-order valence-corrected chi connectivity index (χ2v) is 7.88. The fourth-order valence-corrected chi connectivity index (χ4v) is 3.83. The summed E-state index contributed by atoms with van der Waals surface area (Å²) < 4.78 is 79.0. The molecule has 1 atom stereocenters. The molecule has 1 amide bonds. The maximum atomic E-state index is 13.2. The van der Waals surface area contributed by atoms with Gasteiger partial charge in [-0.25, -0.2) is 12.8 Å². The zero-order valence-electron chi connectivity index (χ0n) is 15.4. The number of nitrogens with one attached hydrogen (secondary N) is 1. The second-order valence-electron chi connectivity index (χ2n) is 6.02. The molecule has 0 saturated heterocycles. The molecule has 0 saturated carbocycles. The molecule has 158 valence electrons. The van der Waals surface area contributed by atoms with Crippen molar-refractivity contribution in [3.05, 3.63) is 54.3 Å². The average molecular weight is 434 g/mol. The highest BCUT2D eigenvalue weighted by Crippen LogP contribution is 2.26. The summed E-state index contributed by atoms with van der Waals surface area (Å²) in [5.41, 5.74) is 0.250. The molecule has 1 unspecified atom stereocenters. The van der Waals surface area contributed by atoms with Gasteiger partial charge in [0.05, 0.1) is 11.9 Å². The van der Waals surface area contributed by atoms with Gasteiger partial charge >= 0.3 is 6.36 Å². The topological polar surface area (TPSA) is 75.7 Å². The summed E-state index contributed by atoms with van der Waals surface area (Å²) in [6.07, 6.45) is -3.84. The van der Waals surface area contributed by atoms with Crippen molar-refractivity contribution in [1.82, 2.24) is 0 Å². The third-order valence-electron chi connectivity index (χ3n) is 3.77. The Kier molecular flexibility index (Phi) is 6.73. The van der Waals surface area contributed by atoms with Gasteiger partial charge in [-0.1, -0.05) is 6.92 Å². The van der Waals surface area contributed by atoms with Crippen LogP contribution in [0.25, 0.3) is 0 Å². The summed E-state index contributed by atoms with van der Waals surface area (Å²) in [5, 5.41) is 2.46. The van der Waals surface area contributed by atoms with Crippen LogP contribution in [-0.2, 0) is 14.8 Å². The highest BCUT2D eigenvalue weighted by Gasteiger charge is 2.32. The normalized spacial score (nSPS) is 12.9. The van der Waals surface area contributed by atoms with Crippen molar-refractivity contribution >= 4 is 27.3 Å². The number of rotatable bonds is 7. The van der Waals surface area contributed by atoms with E-state index in [9.17, 15) is 30.8 Å². The molecule has 0 radical (unpaired) electrons. The summed E-state index contributed by atoms with van der Waals surface area (Å²) in [5.74, 6) is -1.74. The van der Waals surface area contributed by atoms with E-state index in [1.54, 1.807) is 6.92 Å². The van der Waals surface area contributed by atoms with Crippen LogP contribution in [0, 0.1) is 5.82 Å². The molecule has 29 heavy (non-hydrogen) atoms. The minimum atomic E-state index is -4.84. The van der Waals surface area contributed by atoms with Crippen molar-refractivity contribution in [3.8, 4) is 5.75 Å². The van der Waals surface area contributed by atoms with Gasteiger partial charge in [-0.05, 0) is 55.0 Å². The van der Waals surface area contributed by atoms with E-state index in [1.165, 1.54) is 24.3 Å². The number of halogens is 4. The first-order chi connectivity index (χ1) is 13.4. The number of amides is 1. The molecular weight excluding hydrogens is 416 g/mol. The Morgan fingerprint density at radius 3 is 2.10 bits per heavy atom. The number of ether oxygens (including phenoxy) is 1. The van der Waals surface area contributed by atoms with Gasteiger partial charge in [-0.3, -0.25) is 9.10 Å². The number of carbonyl (C=O) groups is 1. The lowest BCUT2D eigenvalue weighted by atomic mass is 10.1. The fraction of sp³-hybridized carbons (Fsp3) is 0.278. The van der Waals surface area contributed by atoms with Crippen molar-refractivity contribution in [1.29, 1.82) is 0 Å². The Bertz CT molecular complexity index is 945. The number of hydrogen-bond acceptors (Lipinski definition) is 4. The van der Waals surface area contributed by atoms with Crippen molar-refractivity contribution in [2.24, 2.45) is 0 Å². The van der Waals surface area contributed by atoms with E-state index in [4.69, 9.17) is 0 Å². The second kappa shape index (κ2) is 8.68. The van der Waals surface area contributed by atoms with Gasteiger partial charge in [0.15, 0.2) is 0 Å². The highest BCUT2D eigenvalue weighted by molar-refractivity contribution is 7.92. The van der Waals surface area contributed by atoms with E-state index in [-0.39, 0.29) is 17.8 Å². The lowest BCUT2D eigenvalue weighted by Gasteiger charge is -2.30. The van der Waals surface area contributed by atoms with Crippen LogP contribution < -0.4 is 14.4 Å². The number of carbonyl (C=O) groups excluding carboxylic acids is 1. The molecule has 0 aliphatic carbocycles. The smallest absolute Gasteiger partial charge is 0.406 e. The highest BCUT2D eigenvalue weighted by atomic mass is 32.2. The monoisotopic (exact) mass is 434 g/mol. The fourth-order valence-electron chi connectivity index (χ4n) is 2.61. The maximum Gasteiger partial charge on any atom is 0.573 e. The quantitative estimate of drug-likeness (QED) is 0.671. The Hall–Kier alpha value is -2.82. The van der Waals surface area contributed by atoms with Crippen molar-refractivity contribution in [2.45, 2.75) is 25.7 Å². The Morgan fingerprint density at radius 2 is 1.66 bits per heavy atom. The van der Waals surface area contributed by atoms with Crippen LogP contribution in [0.3, 0.4) is 0 Å². The Labute approximate surface area is 165 Å². The lowest BCUT2D eigenvalue weighted by Crippen LogP contribution is -2.47. The van der Waals surface area contributed by atoms with E-state index < -0.39 is 39.9 Å². The van der Waals surface area contributed by atoms with Gasteiger partial charge in [0.2, 0.25) is 15.9 Å². The van der Waals surface area contributed by atoms with E-state index in [1.807, 2.05) is 0 Å². The first-order valence-corrected chi connectivity index (χ1v) is 10.2. The largest absolute Gasteiger partial charge is 0.573 e. The van der Waals surface area contributed by atoms with Crippen LogP contribution in [0.1, 0.15) is 13.3 Å². The van der Waals surface area contributed by atoms with Crippen LogP contribution in [0.15, 0.2) is 48.5 Å². The van der Waals surface area contributed by atoms with Crippen LogP contribution in [0.2, 0.25) is 0 Å². The number of benzene rings is 2. The molecule has 0 fully saturated rings. The summed E-state index contributed by atoms with van der Waals surface area (Å²) in [6.45, 7) is 1.59. The molecule has 0 aliphatic heterocycles. The molecule has 11 heteroatoms. The summed E-state index contributed by atoms with van der Waals surface area (Å²) in [7, 11) is -3.90. The Balaban J connectivity index is 2.24. The average Bonchev–Trinajstić information content (AvgIpc) is 2.60. The van der Waals surface area contributed by atoms with E-state index >= 15 is 0 Å². The molecular formula is C18H18F4N2O4S. The van der Waals surface area contributed by atoms with Gasteiger partial charge in [0, 0.05) is 5.69 Å². The van der Waals surface area contributed by atoms with E-state index in [0.717, 1.165) is 34.8 Å². The van der Waals surface area contributed by atoms with E-state index in [2.05, 4.69) is 10.1 Å². The zero-order chi connectivity index (χ0) is 21.8. The maximum absolute atomic E-state index is 13.2. The predicted octanol–water partition coefficient (Wildman–Crippen LogP) is 3.91. The third-order valence-corrected chi connectivity index (χ3v) is 4.95. The van der Waals surface area contributed by atoms with Crippen molar-refractivity contribution in [3.63, 3.8) is 0 Å². The first-order valence-electron chi connectivity index (χ1n) is 8.32. The first kappa shape index (κ1) is 22.5. The predicted molar refractivity (Wildman–Crippen MR) is 99.6 cm³/mol. The Morgan fingerprint density at radius 1 is 1.10 bits per heavy atom. The SMILES string of the molecule is CCC(C(=O)Nc1ccc(OC(F)(F)F)cc1)N(c1ccc(F)cc1)S(C)(=O)=O. The number of nitrogens with zero attached hydrogens (tertiary/aromatic N) is 1. The molecule has 0 spiro atoms. The number of sulfonamides is 1. The third kappa shape index (κ3) is 6.34. The molecule has 2 aromatic carbocycles. The zero-order valence-corrected chi connectivity index (χ0v) is 16.2. The van der Waals surface area contributed by atoms with Crippen LogP contribution in [0.5, 0.6) is 5.75 Å². The number of hydrogen-bond donors (Lipinski definition) is 1. The molecule has 0 bridgehead atoms. The molecule has 0 aliphatic rings. The number of anilines is 2. The van der Waals surface area contributed by atoms with Crippen molar-refractivity contribution < 1.29 is 35.5 Å². The molecule has 2 aromatic rings. The lowest BCUT2D eigenvalue weighted by molar-refractivity contribution is -0.274. The number of alkyl halides is 3. The summed E-state index contributed by atoms with van der Waals surface area (Å²) >= 11 is 0. The summed E-state index contributed by atoms with van der Waals surface area (Å²) in [4.78, 5) is 12.7. The molecule has 6 nitrogen and oxygen atoms in total. The molecule has 1 N–H and O–H groups in total. The van der Waals surface area contributed by atoms with Crippen LogP contribution in [0.4, 0.5) is 28.9 Å². The van der Waals surface area contributed by atoms with Crippen LogP contribution >= 0.6 is 0 Å². The van der Waals surface area contributed by atoms with Gasteiger partial charge in [0.1, 0.15) is 17.6 Å². The van der Waals surface area contributed by atoms with Gasteiger partial charge in [-0.2, -0.15) is 0 Å². The summed E-state index contributed by atoms with van der Waals surface area (Å²) in [6, 6.07) is 7.83.